The van der Waals surface area contributed by atoms with Crippen LogP contribution in [0.3, 0.4) is 0 Å². The second-order valence-corrected chi connectivity index (χ2v) is 5.26. The minimum absolute atomic E-state index is 0.0654. The quantitative estimate of drug-likeness (QED) is 0.479. The lowest BCUT2D eigenvalue weighted by molar-refractivity contribution is 0.0677. The van der Waals surface area contributed by atoms with Crippen LogP contribution >= 0.6 is 0 Å². The second-order valence-electron chi connectivity index (χ2n) is 5.26. The number of benzene rings is 1. The third kappa shape index (κ3) is 3.87. The molecule has 122 valence electrons. The van der Waals surface area contributed by atoms with Gasteiger partial charge in [0.1, 0.15) is 5.76 Å². The maximum Gasteiger partial charge on any atom is 0.310 e. The first kappa shape index (κ1) is 15.9. The summed E-state index contributed by atoms with van der Waals surface area (Å²) in [6, 6.07) is 15.0. The minimum atomic E-state index is -0.668. The van der Waals surface area contributed by atoms with Gasteiger partial charge in [0.15, 0.2) is 5.76 Å². The fourth-order valence-electron chi connectivity index (χ4n) is 2.31. The molecule has 0 bridgehead atoms. The third-order valence-electron chi connectivity index (χ3n) is 3.58. The fourth-order valence-corrected chi connectivity index (χ4v) is 2.31. The molecule has 2 heterocycles. The van der Waals surface area contributed by atoms with E-state index in [0.717, 1.165) is 24.2 Å². The van der Waals surface area contributed by atoms with Crippen LogP contribution in [0.15, 0.2) is 65.3 Å². The Morgan fingerprint density at radius 3 is 2.29 bits per heavy atom. The van der Waals surface area contributed by atoms with Crippen molar-refractivity contribution in [3.05, 3.63) is 77.8 Å². The van der Waals surface area contributed by atoms with Gasteiger partial charge in [-0.15, -0.1) is 0 Å². The van der Waals surface area contributed by atoms with Crippen LogP contribution in [0.5, 0.6) is 0 Å². The SMILES string of the molecule is O=C(NO)c1ccc(-c2ccc(CNCc3ccncc3)cc2)o1. The molecule has 3 rings (SSSR count). The molecule has 0 unspecified atom stereocenters. The van der Waals surface area contributed by atoms with Crippen molar-refractivity contribution >= 4 is 5.91 Å². The predicted octanol–water partition coefficient (Wildman–Crippen LogP) is 2.75. The van der Waals surface area contributed by atoms with Crippen molar-refractivity contribution in [2.45, 2.75) is 13.1 Å². The Morgan fingerprint density at radius 1 is 0.958 bits per heavy atom. The van der Waals surface area contributed by atoms with Crippen molar-refractivity contribution in [2.75, 3.05) is 0 Å². The zero-order valence-electron chi connectivity index (χ0n) is 12.9. The van der Waals surface area contributed by atoms with Gasteiger partial charge in [-0.05, 0) is 35.4 Å². The third-order valence-corrected chi connectivity index (χ3v) is 3.58. The van der Waals surface area contributed by atoms with E-state index in [9.17, 15) is 4.79 Å². The molecule has 6 heteroatoms. The number of aromatic nitrogens is 1. The normalized spacial score (nSPS) is 10.5. The minimum Gasteiger partial charge on any atom is -0.451 e. The first-order chi connectivity index (χ1) is 11.8. The molecule has 0 saturated heterocycles. The van der Waals surface area contributed by atoms with Gasteiger partial charge < -0.3 is 9.73 Å². The summed E-state index contributed by atoms with van der Waals surface area (Å²) in [4.78, 5) is 15.3. The molecule has 0 aliphatic rings. The van der Waals surface area contributed by atoms with Crippen molar-refractivity contribution in [1.29, 1.82) is 0 Å². The predicted molar refractivity (Wildman–Crippen MR) is 88.2 cm³/mol. The number of pyridine rings is 1. The zero-order valence-corrected chi connectivity index (χ0v) is 12.9. The standard InChI is InChI=1S/C18H17N3O3/c22-18(21-23)17-6-5-16(24-17)15-3-1-13(2-4-15)11-20-12-14-7-9-19-10-8-14/h1-10,20,23H,11-12H2,(H,21,22). The molecule has 0 spiro atoms. The number of carbonyl (C=O) groups is 1. The lowest BCUT2D eigenvalue weighted by Crippen LogP contribution is -2.17. The summed E-state index contributed by atoms with van der Waals surface area (Å²) in [5, 5.41) is 12.0. The number of hydroxylamine groups is 1. The number of hydrogen-bond acceptors (Lipinski definition) is 5. The maximum atomic E-state index is 11.3. The van der Waals surface area contributed by atoms with Gasteiger partial charge in [-0.25, -0.2) is 5.48 Å². The molecule has 0 atom stereocenters. The average molecular weight is 323 g/mol. The Bertz CT molecular complexity index is 798. The van der Waals surface area contributed by atoms with E-state index in [1.165, 1.54) is 11.6 Å². The highest BCUT2D eigenvalue weighted by atomic mass is 16.5. The number of nitrogens with zero attached hydrogens (tertiary/aromatic N) is 1. The van der Waals surface area contributed by atoms with Gasteiger partial charge in [0.25, 0.3) is 0 Å². The molecule has 3 N–H and O–H groups in total. The van der Waals surface area contributed by atoms with Crippen LogP contribution < -0.4 is 10.8 Å². The van der Waals surface area contributed by atoms with Crippen LogP contribution in [0.1, 0.15) is 21.7 Å². The van der Waals surface area contributed by atoms with Gasteiger partial charge in [-0.2, -0.15) is 0 Å². The molecular weight excluding hydrogens is 306 g/mol. The summed E-state index contributed by atoms with van der Waals surface area (Å²) in [5.74, 6) is -0.0290. The van der Waals surface area contributed by atoms with Gasteiger partial charge in [-0.1, -0.05) is 24.3 Å². The van der Waals surface area contributed by atoms with E-state index in [0.29, 0.717) is 5.76 Å². The van der Waals surface area contributed by atoms with Crippen LogP contribution in [0, 0.1) is 0 Å². The van der Waals surface area contributed by atoms with E-state index in [1.807, 2.05) is 36.4 Å². The number of hydrogen-bond donors (Lipinski definition) is 3. The largest absolute Gasteiger partial charge is 0.451 e. The van der Waals surface area contributed by atoms with Gasteiger partial charge in [0.2, 0.25) is 0 Å². The van der Waals surface area contributed by atoms with E-state index in [-0.39, 0.29) is 5.76 Å². The van der Waals surface area contributed by atoms with Gasteiger partial charge >= 0.3 is 5.91 Å². The van der Waals surface area contributed by atoms with Crippen molar-refractivity contribution in [1.82, 2.24) is 15.8 Å². The first-order valence-corrected chi connectivity index (χ1v) is 7.49. The molecular formula is C18H17N3O3. The maximum absolute atomic E-state index is 11.3. The molecule has 0 radical (unpaired) electrons. The molecule has 2 aromatic heterocycles. The smallest absolute Gasteiger partial charge is 0.310 e. The van der Waals surface area contributed by atoms with Crippen LogP contribution in [-0.2, 0) is 13.1 Å². The van der Waals surface area contributed by atoms with E-state index >= 15 is 0 Å². The molecule has 0 saturated carbocycles. The lowest BCUT2D eigenvalue weighted by Gasteiger charge is -2.06. The lowest BCUT2D eigenvalue weighted by atomic mass is 10.1. The Morgan fingerprint density at radius 2 is 1.62 bits per heavy atom. The molecule has 1 amide bonds. The molecule has 3 aromatic rings. The van der Waals surface area contributed by atoms with E-state index in [4.69, 9.17) is 9.62 Å². The highest BCUT2D eigenvalue weighted by molar-refractivity contribution is 5.91. The van der Waals surface area contributed by atoms with Crippen molar-refractivity contribution in [3.63, 3.8) is 0 Å². The Kier molecular flexibility index (Phi) is 5.00. The van der Waals surface area contributed by atoms with Crippen LogP contribution in [0.4, 0.5) is 0 Å². The van der Waals surface area contributed by atoms with Crippen LogP contribution in [0.25, 0.3) is 11.3 Å². The Labute approximate surface area is 139 Å². The first-order valence-electron chi connectivity index (χ1n) is 7.49. The number of carbonyl (C=O) groups excluding carboxylic acids is 1. The summed E-state index contributed by atoms with van der Waals surface area (Å²) in [6.07, 6.45) is 3.56. The number of furan rings is 1. The summed E-state index contributed by atoms with van der Waals surface area (Å²) in [7, 11) is 0. The fraction of sp³-hybridized carbons (Fsp3) is 0.111. The zero-order chi connectivity index (χ0) is 16.8. The summed E-state index contributed by atoms with van der Waals surface area (Å²) in [6.45, 7) is 1.53. The monoisotopic (exact) mass is 323 g/mol. The van der Waals surface area contributed by atoms with Gasteiger partial charge in [0.05, 0.1) is 0 Å². The average Bonchev–Trinajstić information content (AvgIpc) is 3.13. The van der Waals surface area contributed by atoms with E-state index in [1.54, 1.807) is 23.9 Å². The van der Waals surface area contributed by atoms with Crippen LogP contribution in [0.2, 0.25) is 0 Å². The topological polar surface area (TPSA) is 87.4 Å². The Balaban J connectivity index is 1.59. The van der Waals surface area contributed by atoms with E-state index < -0.39 is 5.91 Å². The summed E-state index contributed by atoms with van der Waals surface area (Å²) >= 11 is 0. The summed E-state index contributed by atoms with van der Waals surface area (Å²) in [5.41, 5.74) is 4.75. The number of rotatable bonds is 6. The second kappa shape index (κ2) is 7.54. The van der Waals surface area contributed by atoms with Gasteiger partial charge in [0, 0.05) is 31.0 Å². The highest BCUT2D eigenvalue weighted by Crippen LogP contribution is 2.22. The van der Waals surface area contributed by atoms with E-state index in [2.05, 4.69) is 10.3 Å². The van der Waals surface area contributed by atoms with Crippen molar-refractivity contribution in [3.8, 4) is 11.3 Å². The summed E-state index contributed by atoms with van der Waals surface area (Å²) < 4.78 is 5.41. The van der Waals surface area contributed by atoms with Crippen LogP contribution in [-0.4, -0.2) is 16.1 Å². The number of nitrogens with one attached hydrogen (secondary N) is 2. The Hall–Kier alpha value is -2.96. The molecule has 6 nitrogen and oxygen atoms in total. The highest BCUT2D eigenvalue weighted by Gasteiger charge is 2.11. The molecule has 24 heavy (non-hydrogen) atoms. The molecule has 0 aliphatic heterocycles. The van der Waals surface area contributed by atoms with Crippen molar-refractivity contribution in [2.24, 2.45) is 0 Å². The number of amides is 1. The molecule has 0 fully saturated rings. The van der Waals surface area contributed by atoms with Crippen molar-refractivity contribution < 1.29 is 14.4 Å². The molecule has 0 aliphatic carbocycles. The van der Waals surface area contributed by atoms with Gasteiger partial charge in [-0.3, -0.25) is 15.0 Å². The molecule has 1 aromatic carbocycles.